The van der Waals surface area contributed by atoms with Crippen molar-refractivity contribution in [1.82, 2.24) is 19.5 Å². The van der Waals surface area contributed by atoms with Crippen LogP contribution in [-0.2, 0) is 0 Å². The molecule has 0 aliphatic heterocycles. The predicted molar refractivity (Wildman–Crippen MR) is 294 cm³/mol. The lowest BCUT2D eigenvalue weighted by Crippen LogP contribution is -2.00. The van der Waals surface area contributed by atoms with Gasteiger partial charge in [0.1, 0.15) is 11.2 Å². The fourth-order valence-electron chi connectivity index (χ4n) is 10.7. The second kappa shape index (κ2) is 15.4. The number of aromatic nitrogens is 4. The van der Waals surface area contributed by atoms with Gasteiger partial charge in [0, 0.05) is 95.4 Å². The maximum atomic E-state index is 6.86. The summed E-state index contributed by atoms with van der Waals surface area (Å²) in [5.74, 6) is 1.95. The third-order valence-electron chi connectivity index (χ3n) is 13.9. The molecule has 0 spiro atoms. The Morgan fingerprint density at radius 3 is 1.77 bits per heavy atom. The van der Waals surface area contributed by atoms with Crippen LogP contribution in [0.3, 0.4) is 0 Å². The second-order valence-corrected chi connectivity index (χ2v) is 19.9. The highest BCUT2D eigenvalue weighted by molar-refractivity contribution is 7.26. The molecule has 10 aromatic carbocycles. The lowest BCUT2D eigenvalue weighted by molar-refractivity contribution is 0.670. The Kier molecular flexibility index (Phi) is 8.63. The lowest BCUT2D eigenvalue weighted by Gasteiger charge is -2.10. The van der Waals surface area contributed by atoms with E-state index in [4.69, 9.17) is 19.4 Å². The smallest absolute Gasteiger partial charge is 0.165 e. The summed E-state index contributed by atoms with van der Waals surface area (Å²) in [5.41, 5.74) is 12.7. The Hall–Kier alpha value is -8.75. The van der Waals surface area contributed by atoms with Crippen molar-refractivity contribution in [2.75, 3.05) is 0 Å². The van der Waals surface area contributed by atoms with Crippen molar-refractivity contribution in [2.24, 2.45) is 0 Å². The summed E-state index contributed by atoms with van der Waals surface area (Å²) in [6.45, 7) is 0. The number of para-hydroxylation sites is 3. The maximum Gasteiger partial charge on any atom is 0.165 e. The lowest BCUT2D eigenvalue weighted by atomic mass is 9.98. The van der Waals surface area contributed by atoms with E-state index in [-0.39, 0.29) is 0 Å². The second-order valence-electron chi connectivity index (χ2n) is 17.8. The van der Waals surface area contributed by atoms with Crippen LogP contribution in [0.5, 0.6) is 0 Å². The van der Waals surface area contributed by atoms with E-state index in [0.717, 1.165) is 71.8 Å². The molecule has 0 N–H and O–H groups in total. The van der Waals surface area contributed by atoms with Crippen molar-refractivity contribution in [1.29, 1.82) is 0 Å². The number of hydrogen-bond donors (Lipinski definition) is 0. The molecule has 70 heavy (non-hydrogen) atoms. The van der Waals surface area contributed by atoms with E-state index in [0.29, 0.717) is 17.5 Å². The number of fused-ring (bicyclic) bond motifs is 12. The van der Waals surface area contributed by atoms with Crippen molar-refractivity contribution >= 4 is 107 Å². The fraction of sp³-hybridized carbons (Fsp3) is 0. The van der Waals surface area contributed by atoms with Gasteiger partial charge in [-0.2, -0.15) is 0 Å². The molecule has 0 fully saturated rings. The summed E-state index contributed by atoms with van der Waals surface area (Å²) < 4.78 is 14.0. The average Bonchev–Trinajstić information content (AvgIpc) is 4.20. The van der Waals surface area contributed by atoms with Crippen molar-refractivity contribution in [3.05, 3.63) is 218 Å². The highest BCUT2D eigenvalue weighted by atomic mass is 32.1. The van der Waals surface area contributed by atoms with Gasteiger partial charge in [0.25, 0.3) is 0 Å². The first-order chi connectivity index (χ1) is 34.7. The molecule has 5 aromatic heterocycles. The molecule has 15 aromatic rings. The normalized spacial score (nSPS) is 12.0. The Morgan fingerprint density at radius 1 is 0.343 bits per heavy atom. The molecule has 0 amide bonds. The van der Waals surface area contributed by atoms with Gasteiger partial charge in [-0.15, -0.1) is 22.7 Å². The minimum Gasteiger partial charge on any atom is -0.455 e. The molecule has 0 bridgehead atoms. The number of furan rings is 1. The Balaban J connectivity index is 0.869. The highest BCUT2D eigenvalue weighted by Crippen LogP contribution is 2.47. The van der Waals surface area contributed by atoms with E-state index < -0.39 is 0 Å². The quantitative estimate of drug-likeness (QED) is 0.167. The minimum atomic E-state index is 0.645. The zero-order chi connectivity index (χ0) is 45.9. The van der Waals surface area contributed by atoms with Gasteiger partial charge in [-0.3, -0.25) is 0 Å². The summed E-state index contributed by atoms with van der Waals surface area (Å²) in [6.07, 6.45) is 0. The van der Waals surface area contributed by atoms with Crippen LogP contribution < -0.4 is 0 Å². The molecule has 0 saturated heterocycles. The molecule has 326 valence electrons. The van der Waals surface area contributed by atoms with Crippen LogP contribution in [-0.4, -0.2) is 19.5 Å². The van der Waals surface area contributed by atoms with Gasteiger partial charge in [0.2, 0.25) is 0 Å². The van der Waals surface area contributed by atoms with Crippen LogP contribution in [0, 0.1) is 0 Å². The van der Waals surface area contributed by atoms with Gasteiger partial charge in [0.15, 0.2) is 17.5 Å². The van der Waals surface area contributed by atoms with Crippen LogP contribution in [0.15, 0.2) is 223 Å². The van der Waals surface area contributed by atoms with E-state index in [2.05, 4.69) is 205 Å². The molecule has 7 heteroatoms. The average molecular weight is 929 g/mol. The zero-order valence-corrected chi connectivity index (χ0v) is 38.9. The van der Waals surface area contributed by atoms with E-state index in [1.54, 1.807) is 22.7 Å². The standard InChI is InChI=1S/C63H36N4OS2/c1-3-15-37(16-4-1)61-64-62(66-63(65-61)49-27-13-23-45-42-20-8-10-29-55(42)69-60(45)49)48-26-14-30-56-57(48)47-25-12-24-46(59(47)70-56)43-21-11-22-44-51-36-39(32-34-54(51)68-58(43)44)38-31-33-53-50(35-38)41-19-7-9-28-52(41)67(53)40-17-5-2-6-18-40/h1-36H. The number of nitrogens with zero attached hydrogens (tertiary/aromatic N) is 4. The summed E-state index contributed by atoms with van der Waals surface area (Å²) in [4.78, 5) is 15.8. The molecule has 0 aliphatic carbocycles. The summed E-state index contributed by atoms with van der Waals surface area (Å²) >= 11 is 3.59. The predicted octanol–water partition coefficient (Wildman–Crippen LogP) is 17.9. The van der Waals surface area contributed by atoms with Crippen LogP contribution in [0.2, 0.25) is 0 Å². The van der Waals surface area contributed by atoms with E-state index in [9.17, 15) is 0 Å². The highest BCUT2D eigenvalue weighted by Gasteiger charge is 2.22. The monoisotopic (exact) mass is 928 g/mol. The first-order valence-electron chi connectivity index (χ1n) is 23.4. The number of benzene rings is 10. The van der Waals surface area contributed by atoms with Crippen molar-refractivity contribution in [3.8, 4) is 62.1 Å². The van der Waals surface area contributed by atoms with E-state index >= 15 is 0 Å². The summed E-state index contributed by atoms with van der Waals surface area (Å²) in [7, 11) is 0. The molecular weight excluding hydrogens is 893 g/mol. The summed E-state index contributed by atoms with van der Waals surface area (Å²) in [6, 6.07) is 77.7. The molecule has 15 rings (SSSR count). The van der Waals surface area contributed by atoms with Crippen LogP contribution in [0.25, 0.3) is 146 Å². The van der Waals surface area contributed by atoms with Gasteiger partial charge < -0.3 is 8.98 Å². The molecule has 0 atom stereocenters. The summed E-state index contributed by atoms with van der Waals surface area (Å²) in [5, 5.41) is 9.39. The maximum absolute atomic E-state index is 6.86. The first-order valence-corrected chi connectivity index (χ1v) is 25.0. The van der Waals surface area contributed by atoms with Gasteiger partial charge in [-0.25, -0.2) is 15.0 Å². The van der Waals surface area contributed by atoms with E-state index in [1.165, 1.54) is 56.9 Å². The van der Waals surface area contributed by atoms with E-state index in [1.807, 2.05) is 18.2 Å². The Bertz CT molecular complexity index is 4600. The molecule has 0 saturated carbocycles. The third-order valence-corrected chi connectivity index (χ3v) is 16.3. The van der Waals surface area contributed by atoms with Gasteiger partial charge in [0.05, 0.1) is 11.0 Å². The molecule has 0 radical (unpaired) electrons. The first kappa shape index (κ1) is 39.3. The zero-order valence-electron chi connectivity index (χ0n) is 37.3. The molecule has 5 nitrogen and oxygen atoms in total. The SMILES string of the molecule is c1ccc(-c2nc(-c3cccc4c3sc3ccccc34)nc(-c3cccc4sc5c(-c6cccc7c6oc6ccc(-c8ccc9c(c8)c8ccccc8n9-c8ccccc8)cc67)cccc5c34)n2)cc1. The largest absolute Gasteiger partial charge is 0.455 e. The number of hydrogen-bond acceptors (Lipinski definition) is 6. The topological polar surface area (TPSA) is 56.7 Å². The molecule has 0 aliphatic rings. The van der Waals surface area contributed by atoms with Crippen molar-refractivity contribution < 1.29 is 4.42 Å². The van der Waals surface area contributed by atoms with Gasteiger partial charge in [-0.1, -0.05) is 158 Å². The molecular formula is C63H36N4OS2. The third kappa shape index (κ3) is 5.99. The fourth-order valence-corrected chi connectivity index (χ4v) is 13.2. The Labute approximate surface area is 408 Å². The van der Waals surface area contributed by atoms with Crippen LogP contribution in [0.4, 0.5) is 0 Å². The van der Waals surface area contributed by atoms with Crippen LogP contribution in [0.1, 0.15) is 0 Å². The number of rotatable bonds is 6. The van der Waals surface area contributed by atoms with Gasteiger partial charge >= 0.3 is 0 Å². The van der Waals surface area contributed by atoms with Gasteiger partial charge in [-0.05, 0) is 71.8 Å². The molecule has 0 unspecified atom stereocenters. The number of thiophene rings is 2. The Morgan fingerprint density at radius 2 is 0.914 bits per heavy atom. The van der Waals surface area contributed by atoms with Crippen LogP contribution >= 0.6 is 22.7 Å². The minimum absolute atomic E-state index is 0.645. The van der Waals surface area contributed by atoms with Crippen molar-refractivity contribution in [2.45, 2.75) is 0 Å². The van der Waals surface area contributed by atoms with Crippen molar-refractivity contribution in [3.63, 3.8) is 0 Å². The molecule has 5 heterocycles.